The van der Waals surface area contributed by atoms with Gasteiger partial charge in [-0.05, 0) is 48.1 Å². The third-order valence-corrected chi connectivity index (χ3v) is 8.27. The lowest BCUT2D eigenvalue weighted by molar-refractivity contribution is -0.122. The number of aromatic carboxylic acids is 1. The largest absolute Gasteiger partial charge is 0.478 e. The molecule has 1 aliphatic carbocycles. The Kier molecular flexibility index (Phi) is 6.92. The van der Waals surface area contributed by atoms with Gasteiger partial charge in [0.15, 0.2) is 5.65 Å². The predicted octanol–water partition coefficient (Wildman–Crippen LogP) is 5.87. The molecular weight excluding hydrogens is 504 g/mol. The molecule has 2 aliphatic rings. The Morgan fingerprint density at radius 3 is 2.38 bits per heavy atom. The van der Waals surface area contributed by atoms with Crippen molar-refractivity contribution in [3.63, 3.8) is 0 Å². The highest BCUT2D eigenvalue weighted by molar-refractivity contribution is 6.22. The standard InChI is InChI=1S/C32H32N4O4/c1-2-3-12-28-34-27-17-22(36-30(37)24-9-5-6-10-25(24)31(36)38)18-33-29(27)35(28)19-20-13-15-21(16-14-20)23-8-4-7-11-26(23)32(39)40/h4,7-8,11,13-18,24-25H,2-3,5-6,9-10,12,19H2,1H3,(H,39,40). The second-order valence-electron chi connectivity index (χ2n) is 10.8. The van der Waals surface area contributed by atoms with Gasteiger partial charge in [-0.15, -0.1) is 0 Å². The van der Waals surface area contributed by atoms with Crippen LogP contribution in [0.1, 0.15) is 67.2 Å². The number of carboxylic acids is 1. The number of fused-ring (bicyclic) bond motifs is 2. The lowest BCUT2D eigenvalue weighted by Gasteiger charge is -2.19. The Morgan fingerprint density at radius 2 is 1.70 bits per heavy atom. The number of carbonyl (C=O) groups is 3. The normalized spacial score (nSPS) is 18.9. The van der Waals surface area contributed by atoms with E-state index in [1.807, 2.05) is 42.5 Å². The Bertz CT molecular complexity index is 1580. The van der Waals surface area contributed by atoms with E-state index < -0.39 is 5.97 Å². The Hall–Kier alpha value is -4.33. The van der Waals surface area contributed by atoms with E-state index in [0.29, 0.717) is 29.0 Å². The van der Waals surface area contributed by atoms with Gasteiger partial charge in [0.2, 0.25) is 11.8 Å². The van der Waals surface area contributed by atoms with E-state index in [4.69, 9.17) is 9.97 Å². The van der Waals surface area contributed by atoms with Crippen molar-refractivity contribution in [3.8, 4) is 11.1 Å². The minimum atomic E-state index is -0.952. The van der Waals surface area contributed by atoms with Gasteiger partial charge in [0.25, 0.3) is 0 Å². The summed E-state index contributed by atoms with van der Waals surface area (Å²) in [5.74, 6) is -0.668. The zero-order valence-electron chi connectivity index (χ0n) is 22.5. The molecule has 1 N–H and O–H groups in total. The molecular formula is C32H32N4O4. The number of benzene rings is 2. The maximum atomic E-state index is 13.1. The van der Waals surface area contributed by atoms with Crippen LogP contribution in [0.25, 0.3) is 22.3 Å². The van der Waals surface area contributed by atoms with Gasteiger partial charge >= 0.3 is 5.97 Å². The van der Waals surface area contributed by atoms with E-state index in [9.17, 15) is 19.5 Å². The highest BCUT2D eigenvalue weighted by Gasteiger charge is 2.48. The summed E-state index contributed by atoms with van der Waals surface area (Å²) in [6.07, 6.45) is 7.96. The number of imide groups is 1. The second-order valence-corrected chi connectivity index (χ2v) is 10.8. The molecule has 2 amide bonds. The Labute approximate surface area is 232 Å². The zero-order chi connectivity index (χ0) is 27.8. The molecule has 40 heavy (non-hydrogen) atoms. The molecule has 8 heteroatoms. The molecule has 0 bridgehead atoms. The van der Waals surface area contributed by atoms with Gasteiger partial charge in [-0.25, -0.2) is 19.7 Å². The third-order valence-electron chi connectivity index (χ3n) is 8.27. The first-order chi connectivity index (χ1) is 19.5. The first-order valence-corrected chi connectivity index (χ1v) is 14.1. The number of hydrogen-bond acceptors (Lipinski definition) is 5. The van der Waals surface area contributed by atoms with Crippen molar-refractivity contribution in [3.05, 3.63) is 77.7 Å². The van der Waals surface area contributed by atoms with Crippen LogP contribution in [-0.2, 0) is 22.6 Å². The number of pyridine rings is 1. The van der Waals surface area contributed by atoms with Crippen LogP contribution < -0.4 is 4.90 Å². The molecule has 2 aromatic carbocycles. The smallest absolute Gasteiger partial charge is 0.336 e. The van der Waals surface area contributed by atoms with Crippen LogP contribution in [0, 0.1) is 11.8 Å². The molecule has 0 radical (unpaired) electrons. The van der Waals surface area contributed by atoms with E-state index in [0.717, 1.165) is 61.9 Å². The molecule has 6 rings (SSSR count). The van der Waals surface area contributed by atoms with Crippen LogP contribution in [0.5, 0.6) is 0 Å². The van der Waals surface area contributed by atoms with Crippen molar-refractivity contribution >= 4 is 34.6 Å². The van der Waals surface area contributed by atoms with Crippen LogP contribution in [-0.4, -0.2) is 37.4 Å². The van der Waals surface area contributed by atoms with E-state index >= 15 is 0 Å². The zero-order valence-corrected chi connectivity index (χ0v) is 22.5. The fraction of sp³-hybridized carbons (Fsp3) is 0.344. The number of imidazole rings is 1. The van der Waals surface area contributed by atoms with Crippen molar-refractivity contribution < 1.29 is 19.5 Å². The minimum absolute atomic E-state index is 0.106. The molecule has 4 aromatic rings. The van der Waals surface area contributed by atoms with Gasteiger partial charge in [-0.1, -0.05) is 68.7 Å². The molecule has 1 saturated carbocycles. The SMILES string of the molecule is CCCCc1nc2cc(N3C(=O)C4CCCCC4C3=O)cnc2n1Cc1ccc(-c2ccccc2C(=O)O)cc1. The first kappa shape index (κ1) is 25.9. The van der Waals surface area contributed by atoms with E-state index in [2.05, 4.69) is 11.5 Å². The lowest BCUT2D eigenvalue weighted by Crippen LogP contribution is -2.30. The molecule has 204 valence electrons. The fourth-order valence-corrected chi connectivity index (χ4v) is 6.17. The molecule has 2 aromatic heterocycles. The minimum Gasteiger partial charge on any atom is -0.478 e. The number of amides is 2. The van der Waals surface area contributed by atoms with Crippen molar-refractivity contribution in [2.75, 3.05) is 4.90 Å². The van der Waals surface area contributed by atoms with Crippen molar-refractivity contribution in [2.45, 2.75) is 58.4 Å². The third kappa shape index (κ3) is 4.57. The molecule has 8 nitrogen and oxygen atoms in total. The molecule has 0 spiro atoms. The van der Waals surface area contributed by atoms with Crippen LogP contribution in [0.15, 0.2) is 60.8 Å². The quantitative estimate of drug-likeness (QED) is 0.283. The van der Waals surface area contributed by atoms with Gasteiger partial charge in [-0.3, -0.25) is 9.59 Å². The van der Waals surface area contributed by atoms with Gasteiger partial charge in [0.05, 0.1) is 35.8 Å². The average molecular weight is 537 g/mol. The predicted molar refractivity (Wildman–Crippen MR) is 152 cm³/mol. The van der Waals surface area contributed by atoms with Crippen LogP contribution in [0.2, 0.25) is 0 Å². The molecule has 3 heterocycles. The van der Waals surface area contributed by atoms with E-state index in [-0.39, 0.29) is 29.2 Å². The van der Waals surface area contributed by atoms with Gasteiger partial charge in [0.1, 0.15) is 11.3 Å². The number of carboxylic acid groups (broad SMARTS) is 1. The summed E-state index contributed by atoms with van der Waals surface area (Å²) in [4.78, 5) is 48.9. The van der Waals surface area contributed by atoms with Crippen LogP contribution in [0.3, 0.4) is 0 Å². The van der Waals surface area contributed by atoms with Crippen LogP contribution >= 0.6 is 0 Å². The molecule has 1 saturated heterocycles. The number of aromatic nitrogens is 3. The number of anilines is 1. The number of aryl methyl sites for hydroxylation is 1. The Morgan fingerprint density at radius 1 is 1.00 bits per heavy atom. The molecule has 2 fully saturated rings. The number of hydrogen-bond donors (Lipinski definition) is 1. The summed E-state index contributed by atoms with van der Waals surface area (Å²) >= 11 is 0. The lowest BCUT2D eigenvalue weighted by atomic mass is 9.81. The number of nitrogens with zero attached hydrogens (tertiary/aromatic N) is 4. The van der Waals surface area contributed by atoms with Crippen molar-refractivity contribution in [1.29, 1.82) is 0 Å². The maximum Gasteiger partial charge on any atom is 0.336 e. The molecule has 2 atom stereocenters. The highest BCUT2D eigenvalue weighted by Crippen LogP contribution is 2.40. The van der Waals surface area contributed by atoms with Gasteiger partial charge in [-0.2, -0.15) is 0 Å². The monoisotopic (exact) mass is 536 g/mol. The summed E-state index contributed by atoms with van der Waals surface area (Å²) in [5.41, 5.74) is 4.72. The number of unbranched alkanes of at least 4 members (excludes halogenated alkanes) is 1. The highest BCUT2D eigenvalue weighted by atomic mass is 16.4. The average Bonchev–Trinajstić information content (AvgIpc) is 3.45. The maximum absolute atomic E-state index is 13.1. The Balaban J connectivity index is 1.32. The van der Waals surface area contributed by atoms with Gasteiger partial charge in [0, 0.05) is 6.42 Å². The topological polar surface area (TPSA) is 105 Å². The van der Waals surface area contributed by atoms with E-state index in [1.54, 1.807) is 18.3 Å². The summed E-state index contributed by atoms with van der Waals surface area (Å²) in [7, 11) is 0. The van der Waals surface area contributed by atoms with Crippen LogP contribution in [0.4, 0.5) is 5.69 Å². The number of rotatable bonds is 8. The summed E-state index contributed by atoms with van der Waals surface area (Å²) in [6.45, 7) is 2.69. The van der Waals surface area contributed by atoms with Crippen molar-refractivity contribution in [1.82, 2.24) is 14.5 Å². The van der Waals surface area contributed by atoms with E-state index in [1.165, 1.54) is 4.90 Å². The number of carbonyl (C=O) groups excluding carboxylic acids is 2. The molecule has 1 aliphatic heterocycles. The molecule has 2 unspecified atom stereocenters. The van der Waals surface area contributed by atoms with Gasteiger partial charge < -0.3 is 9.67 Å². The fourth-order valence-electron chi connectivity index (χ4n) is 6.17. The summed E-state index contributed by atoms with van der Waals surface area (Å²) in [5, 5.41) is 9.57. The second kappa shape index (κ2) is 10.7. The van der Waals surface area contributed by atoms with Crippen molar-refractivity contribution in [2.24, 2.45) is 11.8 Å². The summed E-state index contributed by atoms with van der Waals surface area (Å²) in [6, 6.07) is 16.7. The first-order valence-electron chi connectivity index (χ1n) is 14.1. The summed E-state index contributed by atoms with van der Waals surface area (Å²) < 4.78 is 2.10.